The quantitative estimate of drug-likeness (QED) is 0.806. The van der Waals surface area contributed by atoms with Crippen molar-refractivity contribution in [2.45, 2.75) is 19.4 Å². The van der Waals surface area contributed by atoms with E-state index in [1.807, 2.05) is 0 Å². The molecule has 0 radical (unpaired) electrons. The summed E-state index contributed by atoms with van der Waals surface area (Å²) in [6.07, 6.45) is 3.77. The predicted molar refractivity (Wildman–Crippen MR) is 59.9 cm³/mol. The Morgan fingerprint density at radius 1 is 1.69 bits per heavy atom. The minimum atomic E-state index is -0.341. The molecule has 1 aromatic rings. The van der Waals surface area contributed by atoms with Crippen molar-refractivity contribution in [1.29, 1.82) is 0 Å². The Balaban J connectivity index is 2.03. The first-order chi connectivity index (χ1) is 7.68. The molecular weight excluding hydrogens is 204 g/mol. The number of aliphatic hydroxyl groups is 1. The lowest BCUT2D eigenvalue weighted by molar-refractivity contribution is 0.0762. The number of likely N-dealkylation sites (tertiary alicyclic amines) is 1. The van der Waals surface area contributed by atoms with E-state index < -0.39 is 0 Å². The highest BCUT2D eigenvalue weighted by molar-refractivity contribution is 5.94. The maximum atomic E-state index is 12.0. The number of pyridine rings is 1. The predicted octanol–water partition coefficient (Wildman–Crippen LogP) is 0.925. The van der Waals surface area contributed by atoms with Crippen LogP contribution in [0, 0.1) is 5.92 Å². The smallest absolute Gasteiger partial charge is 0.255 e. The molecule has 2 atom stereocenters. The summed E-state index contributed by atoms with van der Waals surface area (Å²) >= 11 is 0. The molecule has 1 aromatic heterocycles. The van der Waals surface area contributed by atoms with Crippen LogP contribution in [0.2, 0.25) is 0 Å². The van der Waals surface area contributed by atoms with E-state index in [0.29, 0.717) is 12.1 Å². The van der Waals surface area contributed by atoms with E-state index in [1.54, 1.807) is 36.4 Å². The summed E-state index contributed by atoms with van der Waals surface area (Å²) in [7, 11) is 0. The lowest BCUT2D eigenvalue weighted by Gasteiger charge is -2.17. The molecule has 0 aliphatic carbocycles. The van der Waals surface area contributed by atoms with Gasteiger partial charge in [-0.05, 0) is 25.5 Å². The van der Waals surface area contributed by atoms with E-state index in [4.69, 9.17) is 0 Å². The Morgan fingerprint density at radius 2 is 2.50 bits per heavy atom. The first-order valence-corrected chi connectivity index (χ1v) is 5.56. The zero-order valence-electron chi connectivity index (χ0n) is 9.34. The van der Waals surface area contributed by atoms with E-state index in [1.165, 1.54) is 0 Å². The maximum absolute atomic E-state index is 12.0. The fraction of sp³-hybridized carbons (Fsp3) is 0.500. The molecular formula is C12H16N2O2. The van der Waals surface area contributed by atoms with Crippen LogP contribution in [-0.4, -0.2) is 40.1 Å². The largest absolute Gasteiger partial charge is 0.393 e. The second kappa shape index (κ2) is 4.61. The molecule has 4 nitrogen and oxygen atoms in total. The molecule has 0 saturated carbocycles. The minimum Gasteiger partial charge on any atom is -0.393 e. The number of nitrogens with zero attached hydrogens (tertiary/aromatic N) is 2. The van der Waals surface area contributed by atoms with Gasteiger partial charge in [0.05, 0.1) is 11.7 Å². The fourth-order valence-corrected chi connectivity index (χ4v) is 2.04. The number of hydrogen-bond acceptors (Lipinski definition) is 3. The third-order valence-electron chi connectivity index (χ3n) is 3.10. The normalized spacial score (nSPS) is 22.1. The van der Waals surface area contributed by atoms with Gasteiger partial charge in [0.15, 0.2) is 0 Å². The van der Waals surface area contributed by atoms with E-state index in [2.05, 4.69) is 4.98 Å². The summed E-state index contributed by atoms with van der Waals surface area (Å²) in [5, 5.41) is 9.47. The number of amides is 1. The van der Waals surface area contributed by atoms with Gasteiger partial charge in [0.1, 0.15) is 0 Å². The van der Waals surface area contributed by atoms with Crippen molar-refractivity contribution in [3.63, 3.8) is 0 Å². The summed E-state index contributed by atoms with van der Waals surface area (Å²) in [4.78, 5) is 17.7. The van der Waals surface area contributed by atoms with Crippen LogP contribution in [0.1, 0.15) is 23.7 Å². The number of aromatic nitrogens is 1. The number of carbonyl (C=O) groups is 1. The van der Waals surface area contributed by atoms with Crippen LogP contribution < -0.4 is 0 Å². The van der Waals surface area contributed by atoms with E-state index in [-0.39, 0.29) is 17.9 Å². The SMILES string of the molecule is CC(O)C1CCN(C(=O)c2cccnc2)C1. The number of hydrogen-bond donors (Lipinski definition) is 1. The van der Waals surface area contributed by atoms with Gasteiger partial charge in [0.25, 0.3) is 5.91 Å². The van der Waals surface area contributed by atoms with Crippen LogP contribution in [0.3, 0.4) is 0 Å². The Labute approximate surface area is 94.9 Å². The summed E-state index contributed by atoms with van der Waals surface area (Å²) in [5.74, 6) is 0.219. The monoisotopic (exact) mass is 220 g/mol. The second-order valence-electron chi connectivity index (χ2n) is 4.28. The van der Waals surface area contributed by atoms with Crippen LogP contribution in [-0.2, 0) is 0 Å². The van der Waals surface area contributed by atoms with Crippen molar-refractivity contribution in [3.05, 3.63) is 30.1 Å². The molecule has 1 amide bonds. The standard InChI is InChI=1S/C12H16N2O2/c1-9(15)11-4-6-14(8-11)12(16)10-3-2-5-13-7-10/h2-3,5,7,9,11,15H,4,6,8H2,1H3. The molecule has 2 heterocycles. The van der Waals surface area contributed by atoms with Gasteiger partial charge in [-0.25, -0.2) is 0 Å². The molecule has 0 aromatic carbocycles. The van der Waals surface area contributed by atoms with Crippen molar-refractivity contribution >= 4 is 5.91 Å². The van der Waals surface area contributed by atoms with E-state index in [9.17, 15) is 9.90 Å². The zero-order valence-corrected chi connectivity index (χ0v) is 9.34. The lowest BCUT2D eigenvalue weighted by Crippen LogP contribution is -2.30. The van der Waals surface area contributed by atoms with Crippen LogP contribution in [0.15, 0.2) is 24.5 Å². The average molecular weight is 220 g/mol. The van der Waals surface area contributed by atoms with Crippen molar-refractivity contribution in [2.75, 3.05) is 13.1 Å². The van der Waals surface area contributed by atoms with Crippen LogP contribution in [0.5, 0.6) is 0 Å². The first kappa shape index (κ1) is 11.1. The topological polar surface area (TPSA) is 53.4 Å². The molecule has 0 bridgehead atoms. The van der Waals surface area contributed by atoms with Gasteiger partial charge in [-0.15, -0.1) is 0 Å². The Hall–Kier alpha value is -1.42. The number of rotatable bonds is 2. The van der Waals surface area contributed by atoms with Gasteiger partial charge >= 0.3 is 0 Å². The van der Waals surface area contributed by atoms with Gasteiger partial charge in [0, 0.05) is 31.4 Å². The maximum Gasteiger partial charge on any atom is 0.255 e. The molecule has 1 saturated heterocycles. The van der Waals surface area contributed by atoms with Gasteiger partial charge in [-0.2, -0.15) is 0 Å². The van der Waals surface area contributed by atoms with Gasteiger partial charge < -0.3 is 10.0 Å². The van der Waals surface area contributed by atoms with Crippen molar-refractivity contribution in [2.24, 2.45) is 5.92 Å². The summed E-state index contributed by atoms with van der Waals surface area (Å²) in [5.41, 5.74) is 0.619. The molecule has 86 valence electrons. The highest BCUT2D eigenvalue weighted by Gasteiger charge is 2.29. The molecule has 1 aliphatic heterocycles. The van der Waals surface area contributed by atoms with Crippen LogP contribution in [0.4, 0.5) is 0 Å². The van der Waals surface area contributed by atoms with Gasteiger partial charge in [-0.1, -0.05) is 0 Å². The van der Waals surface area contributed by atoms with E-state index in [0.717, 1.165) is 13.0 Å². The van der Waals surface area contributed by atoms with Crippen LogP contribution >= 0.6 is 0 Å². The molecule has 0 spiro atoms. The molecule has 1 N–H and O–H groups in total. The van der Waals surface area contributed by atoms with Crippen molar-refractivity contribution in [3.8, 4) is 0 Å². The highest BCUT2D eigenvalue weighted by Crippen LogP contribution is 2.21. The molecule has 2 rings (SSSR count). The second-order valence-corrected chi connectivity index (χ2v) is 4.28. The van der Waals surface area contributed by atoms with Crippen molar-refractivity contribution in [1.82, 2.24) is 9.88 Å². The Morgan fingerprint density at radius 3 is 3.06 bits per heavy atom. The Kier molecular flexibility index (Phi) is 3.19. The zero-order chi connectivity index (χ0) is 11.5. The number of carbonyl (C=O) groups excluding carboxylic acids is 1. The number of aliphatic hydroxyl groups excluding tert-OH is 1. The first-order valence-electron chi connectivity index (χ1n) is 5.56. The fourth-order valence-electron chi connectivity index (χ4n) is 2.04. The lowest BCUT2D eigenvalue weighted by atomic mass is 10.0. The summed E-state index contributed by atoms with van der Waals surface area (Å²) in [6.45, 7) is 3.15. The minimum absolute atomic E-state index is 0.0104. The molecule has 2 unspecified atom stereocenters. The van der Waals surface area contributed by atoms with E-state index >= 15 is 0 Å². The third kappa shape index (κ3) is 2.22. The van der Waals surface area contributed by atoms with Gasteiger partial charge in [-0.3, -0.25) is 9.78 Å². The summed E-state index contributed by atoms with van der Waals surface area (Å²) in [6, 6.07) is 3.53. The summed E-state index contributed by atoms with van der Waals surface area (Å²) < 4.78 is 0. The molecule has 1 aliphatic rings. The molecule has 4 heteroatoms. The molecule has 1 fully saturated rings. The van der Waals surface area contributed by atoms with Crippen LogP contribution in [0.25, 0.3) is 0 Å². The molecule has 16 heavy (non-hydrogen) atoms. The Bertz CT molecular complexity index is 365. The average Bonchev–Trinajstić information content (AvgIpc) is 2.78. The third-order valence-corrected chi connectivity index (χ3v) is 3.10. The van der Waals surface area contributed by atoms with Crippen molar-refractivity contribution < 1.29 is 9.90 Å². The van der Waals surface area contributed by atoms with Gasteiger partial charge in [0.2, 0.25) is 0 Å². The highest BCUT2D eigenvalue weighted by atomic mass is 16.3.